The summed E-state index contributed by atoms with van der Waals surface area (Å²) in [6.07, 6.45) is 4.76. The number of unbranched alkanes of at least 4 members (excludes halogenated alkanes) is 1. The number of hydrogen-bond acceptors (Lipinski definition) is 1. The second kappa shape index (κ2) is 7.30. The lowest BCUT2D eigenvalue weighted by Crippen LogP contribution is -2.29. The molecule has 0 bridgehead atoms. The number of carbonyl (C=O) groups excluding carboxylic acids is 1. The van der Waals surface area contributed by atoms with Crippen LogP contribution in [0.5, 0.6) is 0 Å². The Kier molecular flexibility index (Phi) is 5.43. The molecule has 1 unspecified atom stereocenters. The van der Waals surface area contributed by atoms with Crippen LogP contribution in [0.4, 0.5) is 0 Å². The lowest BCUT2D eigenvalue weighted by molar-refractivity contribution is 0.0941. The van der Waals surface area contributed by atoms with E-state index in [9.17, 15) is 4.79 Å². The third-order valence-electron chi connectivity index (χ3n) is 4.12. The molecule has 2 aromatic rings. The first-order valence-electron chi connectivity index (χ1n) is 8.01. The van der Waals surface area contributed by atoms with E-state index in [1.807, 2.05) is 12.1 Å². The van der Waals surface area contributed by atoms with Gasteiger partial charge in [-0.25, -0.2) is 0 Å². The van der Waals surface area contributed by atoms with E-state index in [1.165, 1.54) is 24.8 Å². The smallest absolute Gasteiger partial charge is 0.267 e. The maximum absolute atomic E-state index is 12.3. The minimum atomic E-state index is -0.00111. The van der Waals surface area contributed by atoms with Gasteiger partial charge in [-0.3, -0.25) is 4.79 Å². The van der Waals surface area contributed by atoms with Crippen LogP contribution in [0.3, 0.4) is 0 Å². The number of hydrogen-bond donors (Lipinski definition) is 2. The molecule has 1 aromatic carbocycles. The quantitative estimate of drug-likeness (QED) is 0.777. The molecule has 1 amide bonds. The highest BCUT2D eigenvalue weighted by atomic mass is 16.1. The molecule has 0 aliphatic carbocycles. The number of H-pyrrole nitrogens is 1. The van der Waals surface area contributed by atoms with E-state index in [1.54, 1.807) is 0 Å². The number of aromatic amines is 1. The summed E-state index contributed by atoms with van der Waals surface area (Å²) in [5.74, 6) is 0.583. The Morgan fingerprint density at radius 1 is 1.29 bits per heavy atom. The van der Waals surface area contributed by atoms with Gasteiger partial charge in [-0.15, -0.1) is 0 Å². The third-order valence-corrected chi connectivity index (χ3v) is 4.12. The summed E-state index contributed by atoms with van der Waals surface area (Å²) in [6, 6.07) is 8.11. The Morgan fingerprint density at radius 3 is 2.81 bits per heavy atom. The summed E-state index contributed by atoms with van der Waals surface area (Å²) in [7, 11) is 0. The Morgan fingerprint density at radius 2 is 2.10 bits per heavy atom. The van der Waals surface area contributed by atoms with Crippen molar-refractivity contribution in [1.82, 2.24) is 10.3 Å². The molecule has 3 nitrogen and oxygen atoms in total. The molecule has 2 N–H and O–H groups in total. The topological polar surface area (TPSA) is 44.9 Å². The fourth-order valence-corrected chi connectivity index (χ4v) is 2.65. The van der Waals surface area contributed by atoms with Crippen LogP contribution in [0, 0.1) is 12.8 Å². The zero-order chi connectivity index (χ0) is 15.2. The van der Waals surface area contributed by atoms with Crippen molar-refractivity contribution in [2.75, 3.05) is 6.54 Å². The Hall–Kier alpha value is -1.77. The molecule has 2 rings (SSSR count). The lowest BCUT2D eigenvalue weighted by atomic mass is 9.99. The Labute approximate surface area is 127 Å². The molecule has 0 fully saturated rings. The van der Waals surface area contributed by atoms with Crippen LogP contribution in [0.25, 0.3) is 10.9 Å². The molecule has 0 saturated carbocycles. The molecule has 0 saturated heterocycles. The second-order valence-corrected chi connectivity index (χ2v) is 5.90. The van der Waals surface area contributed by atoms with Crippen molar-refractivity contribution < 1.29 is 4.79 Å². The van der Waals surface area contributed by atoms with Crippen molar-refractivity contribution in [2.24, 2.45) is 5.92 Å². The minimum Gasteiger partial charge on any atom is -0.351 e. The van der Waals surface area contributed by atoms with Crippen molar-refractivity contribution in [1.29, 1.82) is 0 Å². The molecule has 3 heteroatoms. The normalized spacial score (nSPS) is 12.5. The fraction of sp³-hybridized carbons (Fsp3) is 0.500. The summed E-state index contributed by atoms with van der Waals surface area (Å²) in [5.41, 5.74) is 2.88. The van der Waals surface area contributed by atoms with E-state index in [4.69, 9.17) is 0 Å². The first kappa shape index (κ1) is 15.6. The van der Waals surface area contributed by atoms with E-state index >= 15 is 0 Å². The van der Waals surface area contributed by atoms with Gasteiger partial charge in [0.2, 0.25) is 0 Å². The predicted molar refractivity (Wildman–Crippen MR) is 88.7 cm³/mol. The zero-order valence-electron chi connectivity index (χ0n) is 13.3. The molecule has 114 valence electrons. The maximum Gasteiger partial charge on any atom is 0.267 e. The van der Waals surface area contributed by atoms with Crippen molar-refractivity contribution in [3.8, 4) is 0 Å². The highest BCUT2D eigenvalue weighted by Gasteiger charge is 2.12. The molecular weight excluding hydrogens is 260 g/mol. The molecule has 21 heavy (non-hydrogen) atoms. The monoisotopic (exact) mass is 286 g/mol. The van der Waals surface area contributed by atoms with Crippen molar-refractivity contribution in [3.05, 3.63) is 35.5 Å². The van der Waals surface area contributed by atoms with Gasteiger partial charge in [-0.1, -0.05) is 44.7 Å². The second-order valence-electron chi connectivity index (χ2n) is 5.90. The van der Waals surface area contributed by atoms with Crippen LogP contribution in [0.1, 0.15) is 55.6 Å². The highest BCUT2D eigenvalue weighted by Crippen LogP contribution is 2.17. The summed E-state index contributed by atoms with van der Waals surface area (Å²) >= 11 is 0. The van der Waals surface area contributed by atoms with E-state index in [2.05, 4.69) is 43.2 Å². The average molecular weight is 286 g/mol. The van der Waals surface area contributed by atoms with Crippen LogP contribution in [-0.2, 0) is 0 Å². The van der Waals surface area contributed by atoms with Crippen LogP contribution in [0.2, 0.25) is 0 Å². The van der Waals surface area contributed by atoms with Crippen LogP contribution < -0.4 is 5.32 Å². The van der Waals surface area contributed by atoms with Crippen LogP contribution in [0.15, 0.2) is 24.3 Å². The number of fused-ring (bicyclic) bond motifs is 1. The van der Waals surface area contributed by atoms with E-state index in [-0.39, 0.29) is 5.91 Å². The molecule has 0 radical (unpaired) electrons. The summed E-state index contributed by atoms with van der Waals surface area (Å²) in [4.78, 5) is 15.4. The van der Waals surface area contributed by atoms with Crippen molar-refractivity contribution >= 4 is 16.8 Å². The summed E-state index contributed by atoms with van der Waals surface area (Å²) < 4.78 is 0. The van der Waals surface area contributed by atoms with Gasteiger partial charge in [-0.05, 0) is 37.5 Å². The molecule has 0 aliphatic heterocycles. The lowest BCUT2D eigenvalue weighted by Gasteiger charge is -2.14. The Balaban J connectivity index is 1.98. The van der Waals surface area contributed by atoms with Gasteiger partial charge in [0, 0.05) is 17.4 Å². The SMILES string of the molecule is CCCCC(CC)CNC(=O)c1cc2cc(C)ccc2[nH]1. The number of amides is 1. The summed E-state index contributed by atoms with van der Waals surface area (Å²) in [5, 5.41) is 4.16. The maximum atomic E-state index is 12.3. The fourth-order valence-electron chi connectivity index (χ4n) is 2.65. The molecule has 0 spiro atoms. The molecule has 0 aliphatic rings. The van der Waals surface area contributed by atoms with E-state index in [0.29, 0.717) is 11.6 Å². The molecule has 1 aromatic heterocycles. The van der Waals surface area contributed by atoms with Gasteiger partial charge >= 0.3 is 0 Å². The van der Waals surface area contributed by atoms with E-state index < -0.39 is 0 Å². The number of rotatable bonds is 7. The van der Waals surface area contributed by atoms with Gasteiger partial charge in [0.1, 0.15) is 5.69 Å². The van der Waals surface area contributed by atoms with Crippen LogP contribution in [-0.4, -0.2) is 17.4 Å². The Bertz CT molecular complexity index is 600. The molecular formula is C18H26N2O. The number of benzene rings is 1. The van der Waals surface area contributed by atoms with Crippen LogP contribution >= 0.6 is 0 Å². The van der Waals surface area contributed by atoms with Gasteiger partial charge in [-0.2, -0.15) is 0 Å². The predicted octanol–water partition coefficient (Wildman–Crippen LogP) is 4.42. The third kappa shape index (κ3) is 4.10. The van der Waals surface area contributed by atoms with Gasteiger partial charge in [0.25, 0.3) is 5.91 Å². The van der Waals surface area contributed by atoms with Gasteiger partial charge in [0.15, 0.2) is 0 Å². The largest absolute Gasteiger partial charge is 0.351 e. The van der Waals surface area contributed by atoms with Gasteiger partial charge in [0.05, 0.1) is 0 Å². The molecule has 1 heterocycles. The van der Waals surface area contributed by atoms with Crippen molar-refractivity contribution in [2.45, 2.75) is 46.5 Å². The highest BCUT2D eigenvalue weighted by molar-refractivity contribution is 5.98. The minimum absolute atomic E-state index is 0.00111. The number of aryl methyl sites for hydroxylation is 1. The van der Waals surface area contributed by atoms with E-state index in [0.717, 1.165) is 23.9 Å². The van der Waals surface area contributed by atoms with Gasteiger partial charge < -0.3 is 10.3 Å². The first-order chi connectivity index (χ1) is 10.1. The number of nitrogens with one attached hydrogen (secondary N) is 2. The summed E-state index contributed by atoms with van der Waals surface area (Å²) in [6.45, 7) is 7.23. The number of carbonyl (C=O) groups is 1. The zero-order valence-corrected chi connectivity index (χ0v) is 13.3. The average Bonchev–Trinajstić information content (AvgIpc) is 2.90. The molecule has 1 atom stereocenters. The number of aromatic nitrogens is 1. The van der Waals surface area contributed by atoms with Crippen molar-refractivity contribution in [3.63, 3.8) is 0 Å². The first-order valence-corrected chi connectivity index (χ1v) is 8.01. The standard InChI is InChI=1S/C18H26N2O/c1-4-6-7-14(5-2)12-19-18(21)17-11-15-10-13(3)8-9-16(15)20-17/h8-11,14,20H,4-7,12H2,1-3H3,(H,19,21).